The number of nitrogens with one attached hydrogen (secondary N) is 1. The van der Waals surface area contributed by atoms with Crippen molar-refractivity contribution < 1.29 is 0 Å². The molecule has 0 radical (unpaired) electrons. The molecule has 0 aromatic rings. The molecule has 1 aliphatic rings. The molecule has 1 rings (SSSR count). The highest BCUT2D eigenvalue weighted by Crippen LogP contribution is 2.21. The van der Waals surface area contributed by atoms with Crippen LogP contribution in [0.1, 0.15) is 32.1 Å². The Bertz CT molecular complexity index is 104. The molecule has 1 N–H and O–H groups in total. The molecule has 0 bridgehead atoms. The minimum Gasteiger partial charge on any atom is -0.246 e. The third kappa shape index (κ3) is 4.52. The van der Waals surface area contributed by atoms with Crippen LogP contribution in [0.3, 0.4) is 0 Å². The number of hydrogen-bond acceptors (Lipinski definition) is 5. The number of nitrogens with zero attached hydrogens (tertiary/aromatic N) is 1. The molecule has 0 saturated heterocycles. The summed E-state index contributed by atoms with van der Waals surface area (Å²) < 4.78 is 4.81. The fourth-order valence-corrected chi connectivity index (χ4v) is 2.10. The van der Waals surface area contributed by atoms with E-state index in [4.69, 9.17) is 0 Å². The molecular formula is C6H14N2S3. The van der Waals surface area contributed by atoms with Crippen LogP contribution < -0.4 is 4.72 Å². The van der Waals surface area contributed by atoms with Crippen LogP contribution in [-0.4, -0.2) is 9.16 Å². The van der Waals surface area contributed by atoms with Gasteiger partial charge in [-0.3, -0.25) is 0 Å². The smallest absolute Gasteiger partial charge is 0.0281 e. The van der Waals surface area contributed by atoms with Crippen LogP contribution in [0.25, 0.3) is 0 Å². The van der Waals surface area contributed by atoms with Crippen molar-refractivity contribution in [2.75, 3.05) is 0 Å². The molecule has 0 spiro atoms. The van der Waals surface area contributed by atoms with E-state index in [-0.39, 0.29) is 0 Å². The van der Waals surface area contributed by atoms with Gasteiger partial charge in [0.25, 0.3) is 0 Å². The Morgan fingerprint density at radius 2 is 1.82 bits per heavy atom. The Morgan fingerprint density at radius 3 is 2.36 bits per heavy atom. The van der Waals surface area contributed by atoms with E-state index in [0.717, 1.165) is 0 Å². The largest absolute Gasteiger partial charge is 0.246 e. The van der Waals surface area contributed by atoms with E-state index in [1.165, 1.54) is 47.4 Å². The lowest BCUT2D eigenvalue weighted by Gasteiger charge is -2.22. The minimum atomic E-state index is 0.663. The van der Waals surface area contributed by atoms with Gasteiger partial charge in [0.2, 0.25) is 0 Å². The summed E-state index contributed by atoms with van der Waals surface area (Å²) in [6.07, 6.45) is 6.70. The fourth-order valence-electron chi connectivity index (χ4n) is 1.34. The molecule has 0 unspecified atom stereocenters. The first-order chi connectivity index (χ1) is 5.29. The standard InChI is InChI=1S/C6H14N2S3/c9-8(10)11-7-6-4-2-1-3-5-6/h6-7,9-10H,1-5H2. The molecule has 1 fully saturated rings. The molecule has 0 heterocycles. The Hall–Kier alpha value is 0.970. The molecule has 0 aliphatic heterocycles. The molecule has 0 amide bonds. The van der Waals surface area contributed by atoms with Gasteiger partial charge in [0, 0.05) is 18.2 Å². The van der Waals surface area contributed by atoms with Gasteiger partial charge < -0.3 is 0 Å². The van der Waals surface area contributed by atoms with E-state index in [9.17, 15) is 0 Å². The Balaban J connectivity index is 2.05. The second kappa shape index (κ2) is 5.59. The molecule has 66 valence electrons. The Labute approximate surface area is 83.8 Å². The number of rotatable bonds is 3. The third-order valence-corrected chi connectivity index (χ3v) is 3.00. The van der Waals surface area contributed by atoms with Crippen molar-refractivity contribution in [1.82, 2.24) is 7.84 Å². The maximum absolute atomic E-state index is 4.00. The minimum absolute atomic E-state index is 0.663. The molecular weight excluding hydrogens is 196 g/mol. The van der Waals surface area contributed by atoms with Crippen LogP contribution >= 0.6 is 37.8 Å². The maximum Gasteiger partial charge on any atom is 0.0281 e. The van der Waals surface area contributed by atoms with Gasteiger partial charge in [0.1, 0.15) is 0 Å². The van der Waals surface area contributed by atoms with E-state index >= 15 is 0 Å². The predicted octanol–water partition coefficient (Wildman–Crippen LogP) is 2.46. The first kappa shape index (κ1) is 10.1. The summed E-state index contributed by atoms with van der Waals surface area (Å²) in [6, 6.07) is 0.663. The van der Waals surface area contributed by atoms with Crippen LogP contribution in [0.4, 0.5) is 0 Å². The van der Waals surface area contributed by atoms with Crippen LogP contribution in [0.15, 0.2) is 0 Å². The summed E-state index contributed by atoms with van der Waals surface area (Å²) in [5.74, 6) is 0. The number of thiol groups is 2. The van der Waals surface area contributed by atoms with Crippen molar-refractivity contribution >= 4 is 37.8 Å². The normalized spacial score (nSPS) is 21.0. The van der Waals surface area contributed by atoms with Crippen LogP contribution in [0.2, 0.25) is 0 Å². The van der Waals surface area contributed by atoms with Gasteiger partial charge in [-0.05, 0) is 12.8 Å². The van der Waals surface area contributed by atoms with Crippen molar-refractivity contribution in [2.24, 2.45) is 0 Å². The van der Waals surface area contributed by atoms with Crippen molar-refractivity contribution in [1.29, 1.82) is 0 Å². The van der Waals surface area contributed by atoms with Gasteiger partial charge in [-0.15, -0.1) is 3.12 Å². The molecule has 1 aliphatic carbocycles. The van der Waals surface area contributed by atoms with Crippen LogP contribution in [0, 0.1) is 0 Å². The molecule has 1 saturated carbocycles. The summed E-state index contributed by atoms with van der Waals surface area (Å²) in [5, 5.41) is 0. The van der Waals surface area contributed by atoms with E-state index in [0.29, 0.717) is 6.04 Å². The van der Waals surface area contributed by atoms with Gasteiger partial charge in [0.15, 0.2) is 0 Å². The molecule has 0 atom stereocenters. The second-order valence-electron chi connectivity index (χ2n) is 2.80. The van der Waals surface area contributed by atoms with Crippen LogP contribution in [0.5, 0.6) is 0 Å². The summed E-state index contributed by atoms with van der Waals surface area (Å²) in [6.45, 7) is 0. The van der Waals surface area contributed by atoms with E-state index in [1.54, 1.807) is 0 Å². The third-order valence-electron chi connectivity index (χ3n) is 1.91. The molecule has 5 heteroatoms. The summed E-state index contributed by atoms with van der Waals surface area (Å²) in [7, 11) is 0. The fraction of sp³-hybridized carbons (Fsp3) is 1.00. The van der Waals surface area contributed by atoms with Crippen molar-refractivity contribution in [3.63, 3.8) is 0 Å². The average Bonchev–Trinajstić information content (AvgIpc) is 2.03. The Morgan fingerprint density at radius 1 is 1.18 bits per heavy atom. The lowest BCUT2D eigenvalue weighted by Crippen LogP contribution is -2.26. The van der Waals surface area contributed by atoms with Gasteiger partial charge >= 0.3 is 0 Å². The zero-order chi connectivity index (χ0) is 8.10. The SMILES string of the molecule is SN(S)SNC1CCCCC1. The summed E-state index contributed by atoms with van der Waals surface area (Å²) in [5.41, 5.74) is 0. The Kier molecular flexibility index (Phi) is 5.11. The average molecular weight is 210 g/mol. The van der Waals surface area contributed by atoms with Crippen molar-refractivity contribution in [3.8, 4) is 0 Å². The first-order valence-electron chi connectivity index (χ1n) is 3.89. The summed E-state index contributed by atoms with van der Waals surface area (Å²) in [4.78, 5) is 0. The topological polar surface area (TPSA) is 15.3 Å². The van der Waals surface area contributed by atoms with Crippen molar-refractivity contribution in [2.45, 2.75) is 38.1 Å². The highest BCUT2D eigenvalue weighted by molar-refractivity contribution is 8.14. The molecule has 2 nitrogen and oxygen atoms in total. The van der Waals surface area contributed by atoms with Crippen molar-refractivity contribution in [3.05, 3.63) is 0 Å². The predicted molar refractivity (Wildman–Crippen MR) is 57.4 cm³/mol. The lowest BCUT2D eigenvalue weighted by atomic mass is 9.96. The molecule has 0 aromatic heterocycles. The summed E-state index contributed by atoms with van der Waals surface area (Å²) >= 11 is 9.44. The van der Waals surface area contributed by atoms with Gasteiger partial charge in [-0.1, -0.05) is 44.9 Å². The number of hydrogen-bond donors (Lipinski definition) is 3. The quantitative estimate of drug-likeness (QED) is 0.490. The first-order valence-corrected chi connectivity index (χ1v) is 5.47. The van der Waals surface area contributed by atoms with Gasteiger partial charge in [-0.2, -0.15) is 0 Å². The van der Waals surface area contributed by atoms with E-state index in [2.05, 4.69) is 30.4 Å². The van der Waals surface area contributed by atoms with E-state index < -0.39 is 0 Å². The zero-order valence-electron chi connectivity index (χ0n) is 6.36. The molecule has 11 heavy (non-hydrogen) atoms. The van der Waals surface area contributed by atoms with Gasteiger partial charge in [-0.25, -0.2) is 4.72 Å². The van der Waals surface area contributed by atoms with Crippen LogP contribution in [-0.2, 0) is 0 Å². The van der Waals surface area contributed by atoms with E-state index in [1.807, 2.05) is 0 Å². The monoisotopic (exact) mass is 210 g/mol. The molecule has 0 aromatic carbocycles. The highest BCUT2D eigenvalue weighted by atomic mass is 32.3. The lowest BCUT2D eigenvalue weighted by molar-refractivity contribution is 0.423. The maximum atomic E-state index is 4.00. The second-order valence-corrected chi connectivity index (χ2v) is 5.24. The highest BCUT2D eigenvalue weighted by Gasteiger charge is 2.12. The zero-order valence-corrected chi connectivity index (χ0v) is 8.97. The van der Waals surface area contributed by atoms with Gasteiger partial charge in [0.05, 0.1) is 0 Å².